The SMILES string of the molecule is Cn1c2cc3c(=O)c4c(Oc5cccc6ccccc56)cc(Oc5cccc6ccccc56)cc4n(C)c3cc2c(=O)c2c(Oc3cccc4ccccc34)cc(Oc3cccc4ccccc34)cc21. The van der Waals surface area contributed by atoms with E-state index in [9.17, 15) is 0 Å². The number of pyridine rings is 2. The highest BCUT2D eigenvalue weighted by Gasteiger charge is 2.23. The second-order valence-corrected chi connectivity index (χ2v) is 17.6. The van der Waals surface area contributed by atoms with E-state index in [4.69, 9.17) is 18.9 Å². The molecule has 0 saturated heterocycles. The van der Waals surface area contributed by atoms with E-state index in [1.807, 2.05) is 217 Å². The van der Waals surface area contributed by atoms with E-state index in [2.05, 4.69) is 0 Å². The van der Waals surface area contributed by atoms with Crippen LogP contribution in [0.3, 0.4) is 0 Å². The predicted octanol–water partition coefficient (Wildman–Crippen LogP) is 15.5. The molecule has 0 spiro atoms. The van der Waals surface area contributed by atoms with Crippen molar-refractivity contribution < 1.29 is 18.9 Å². The van der Waals surface area contributed by atoms with Crippen LogP contribution in [0.1, 0.15) is 0 Å². The first-order chi connectivity index (χ1) is 34.3. The van der Waals surface area contributed by atoms with Crippen LogP contribution in [-0.2, 0) is 14.1 Å². The number of nitrogens with zero attached hydrogens (tertiary/aromatic N) is 2. The summed E-state index contributed by atoms with van der Waals surface area (Å²) in [6.45, 7) is 0. The van der Waals surface area contributed by atoms with Crippen LogP contribution in [0.4, 0.5) is 0 Å². The normalized spacial score (nSPS) is 11.7. The second-order valence-electron chi connectivity index (χ2n) is 17.6. The van der Waals surface area contributed by atoms with E-state index in [-0.39, 0.29) is 10.9 Å². The number of ether oxygens (including phenoxy) is 4. The third-order valence-corrected chi connectivity index (χ3v) is 13.5. The molecule has 2 heterocycles. The van der Waals surface area contributed by atoms with Gasteiger partial charge in [-0.3, -0.25) is 9.59 Å². The fourth-order valence-electron chi connectivity index (χ4n) is 10.1. The molecule has 11 aromatic carbocycles. The number of fused-ring (bicyclic) bond motifs is 8. The molecular formula is C62H40N2O6. The number of hydrogen-bond acceptors (Lipinski definition) is 6. The van der Waals surface area contributed by atoms with E-state index in [1.54, 1.807) is 12.1 Å². The van der Waals surface area contributed by atoms with Gasteiger partial charge in [0.15, 0.2) is 0 Å². The molecule has 0 N–H and O–H groups in total. The molecule has 0 aliphatic carbocycles. The van der Waals surface area contributed by atoms with Crippen molar-refractivity contribution in [2.24, 2.45) is 14.1 Å². The summed E-state index contributed by atoms with van der Waals surface area (Å²) in [6.07, 6.45) is 0. The molecule has 0 aliphatic rings. The number of rotatable bonds is 8. The van der Waals surface area contributed by atoms with E-state index in [0.717, 1.165) is 43.1 Å². The maximum absolute atomic E-state index is 15.3. The van der Waals surface area contributed by atoms with Gasteiger partial charge in [0.25, 0.3) is 0 Å². The Labute approximate surface area is 399 Å². The Hall–Kier alpha value is -9.40. The Morgan fingerprint density at radius 2 is 0.586 bits per heavy atom. The second kappa shape index (κ2) is 16.1. The zero-order valence-electron chi connectivity index (χ0n) is 38.0. The first kappa shape index (κ1) is 40.8. The maximum Gasteiger partial charge on any atom is 0.201 e. The van der Waals surface area contributed by atoms with Gasteiger partial charge in [0.2, 0.25) is 10.9 Å². The molecule has 70 heavy (non-hydrogen) atoms. The van der Waals surface area contributed by atoms with Gasteiger partial charge >= 0.3 is 0 Å². The predicted molar refractivity (Wildman–Crippen MR) is 283 cm³/mol. The average Bonchev–Trinajstić information content (AvgIpc) is 3.39. The molecule has 8 nitrogen and oxygen atoms in total. The molecule has 8 heteroatoms. The Balaban J connectivity index is 1.05. The molecule has 0 unspecified atom stereocenters. The van der Waals surface area contributed by atoms with Gasteiger partial charge in [0.1, 0.15) is 46.0 Å². The van der Waals surface area contributed by atoms with Crippen LogP contribution in [-0.4, -0.2) is 9.13 Å². The van der Waals surface area contributed by atoms with Gasteiger partial charge < -0.3 is 28.1 Å². The molecule has 0 aliphatic heterocycles. The Morgan fingerprint density at radius 3 is 0.929 bits per heavy atom. The van der Waals surface area contributed by atoms with Crippen LogP contribution in [0.25, 0.3) is 86.7 Å². The zero-order chi connectivity index (χ0) is 47.0. The summed E-state index contributed by atoms with van der Waals surface area (Å²) < 4.78 is 31.0. The van der Waals surface area contributed by atoms with Crippen molar-refractivity contribution >= 4 is 86.7 Å². The van der Waals surface area contributed by atoms with Crippen molar-refractivity contribution in [2.75, 3.05) is 0 Å². The molecule has 0 atom stereocenters. The number of aryl methyl sites for hydroxylation is 2. The van der Waals surface area contributed by atoms with Crippen molar-refractivity contribution in [2.45, 2.75) is 0 Å². The lowest BCUT2D eigenvalue weighted by molar-refractivity contribution is 0.469. The van der Waals surface area contributed by atoms with E-state index in [0.29, 0.717) is 89.6 Å². The summed E-state index contributed by atoms with van der Waals surface area (Å²) >= 11 is 0. The lowest BCUT2D eigenvalue weighted by Gasteiger charge is -2.19. The zero-order valence-corrected chi connectivity index (χ0v) is 38.0. The van der Waals surface area contributed by atoms with Crippen LogP contribution in [0, 0.1) is 0 Å². The fraction of sp³-hybridized carbons (Fsp3) is 0.0323. The van der Waals surface area contributed by atoms with Crippen LogP contribution in [0.2, 0.25) is 0 Å². The lowest BCUT2D eigenvalue weighted by atomic mass is 10.0. The Kier molecular flexibility index (Phi) is 9.42. The monoisotopic (exact) mass is 908 g/mol. The average molecular weight is 909 g/mol. The van der Waals surface area contributed by atoms with Crippen LogP contribution in [0.5, 0.6) is 46.0 Å². The Bertz CT molecular complexity index is 4150. The molecule has 0 radical (unpaired) electrons. The van der Waals surface area contributed by atoms with E-state index < -0.39 is 0 Å². The molecule has 0 fully saturated rings. The minimum atomic E-state index is -0.252. The van der Waals surface area contributed by atoms with Gasteiger partial charge in [-0.25, -0.2) is 0 Å². The van der Waals surface area contributed by atoms with E-state index in [1.165, 1.54) is 0 Å². The minimum absolute atomic E-state index is 0.252. The third kappa shape index (κ3) is 6.68. The van der Waals surface area contributed by atoms with Crippen LogP contribution < -0.4 is 29.8 Å². The lowest BCUT2D eigenvalue weighted by Crippen LogP contribution is -2.14. The van der Waals surface area contributed by atoms with Gasteiger partial charge in [0.05, 0.1) is 32.8 Å². The molecule has 334 valence electrons. The van der Waals surface area contributed by atoms with Gasteiger partial charge in [0, 0.05) is 70.7 Å². The quantitative estimate of drug-likeness (QED) is 0.141. The van der Waals surface area contributed by atoms with Crippen molar-refractivity contribution in [1.29, 1.82) is 0 Å². The van der Waals surface area contributed by atoms with Crippen molar-refractivity contribution in [1.82, 2.24) is 9.13 Å². The highest BCUT2D eigenvalue weighted by Crippen LogP contribution is 2.42. The standard InChI is InChI=1S/C62H40N2O6/c1-63-49-35-48-50(64(2)52-32-42(68-54-28-12-20-38-16-4-8-24-44(38)54)34-58(60(52)62(48)66)70-56-30-14-22-40-18-6-10-26-46(40)56)36-47(49)61(65)59-51(63)31-41(67-53-27-11-19-37-15-3-7-23-43(37)53)33-57(59)69-55-29-13-21-39-17-5-9-25-45(39)55/h3-36H,1-2H3. The van der Waals surface area contributed by atoms with Crippen LogP contribution in [0.15, 0.2) is 216 Å². The number of hydrogen-bond donors (Lipinski definition) is 0. The molecule has 2 aromatic heterocycles. The highest BCUT2D eigenvalue weighted by molar-refractivity contribution is 6.06. The summed E-state index contributed by atoms with van der Waals surface area (Å²) in [6, 6.07) is 66.7. The number of aromatic nitrogens is 2. The summed E-state index contributed by atoms with van der Waals surface area (Å²) in [4.78, 5) is 30.7. The molecule has 0 amide bonds. The maximum atomic E-state index is 15.3. The summed E-state index contributed by atoms with van der Waals surface area (Å²) in [5, 5.41) is 9.33. The fourth-order valence-corrected chi connectivity index (χ4v) is 10.1. The molecular weight excluding hydrogens is 869 g/mol. The minimum Gasteiger partial charge on any atom is -0.457 e. The summed E-state index contributed by atoms with van der Waals surface area (Å²) in [5.74, 6) is 4.15. The van der Waals surface area contributed by atoms with Crippen molar-refractivity contribution in [3.05, 3.63) is 227 Å². The Morgan fingerprint density at radius 1 is 0.286 bits per heavy atom. The molecule has 13 rings (SSSR count). The van der Waals surface area contributed by atoms with E-state index >= 15 is 9.59 Å². The van der Waals surface area contributed by atoms with Gasteiger partial charge in [-0.15, -0.1) is 0 Å². The molecule has 0 saturated carbocycles. The van der Waals surface area contributed by atoms with Crippen molar-refractivity contribution in [3.8, 4) is 46.0 Å². The van der Waals surface area contributed by atoms with Gasteiger partial charge in [-0.2, -0.15) is 0 Å². The summed E-state index contributed by atoms with van der Waals surface area (Å²) in [7, 11) is 3.80. The first-order valence-corrected chi connectivity index (χ1v) is 23.1. The van der Waals surface area contributed by atoms with Crippen LogP contribution >= 0.6 is 0 Å². The smallest absolute Gasteiger partial charge is 0.201 e. The first-order valence-electron chi connectivity index (χ1n) is 23.1. The van der Waals surface area contributed by atoms with Gasteiger partial charge in [-0.05, 0) is 57.9 Å². The molecule has 13 aromatic rings. The summed E-state index contributed by atoms with van der Waals surface area (Å²) in [5.41, 5.74) is 1.75. The largest absolute Gasteiger partial charge is 0.457 e. The molecule has 0 bridgehead atoms. The highest BCUT2D eigenvalue weighted by atomic mass is 16.5. The van der Waals surface area contributed by atoms with Crippen molar-refractivity contribution in [3.63, 3.8) is 0 Å². The van der Waals surface area contributed by atoms with Gasteiger partial charge in [-0.1, -0.05) is 146 Å². The third-order valence-electron chi connectivity index (χ3n) is 13.5. The number of benzene rings is 11. The topological polar surface area (TPSA) is 80.9 Å².